The van der Waals surface area contributed by atoms with E-state index in [0.29, 0.717) is 20.9 Å². The summed E-state index contributed by atoms with van der Waals surface area (Å²) >= 11 is 13.2. The minimum absolute atomic E-state index is 0.243. The van der Waals surface area contributed by atoms with Crippen molar-refractivity contribution < 1.29 is 4.79 Å². The van der Waals surface area contributed by atoms with Crippen LogP contribution in [-0.2, 0) is 4.79 Å². The van der Waals surface area contributed by atoms with Crippen molar-refractivity contribution in [3.05, 3.63) is 51.1 Å². The lowest BCUT2D eigenvalue weighted by atomic mass is 10.2. The van der Waals surface area contributed by atoms with Crippen molar-refractivity contribution in [3.63, 3.8) is 0 Å². The molecule has 0 saturated heterocycles. The first-order valence-electron chi connectivity index (χ1n) is 5.07. The van der Waals surface area contributed by atoms with Crippen LogP contribution in [0.1, 0.15) is 5.56 Å². The Hall–Kier alpha value is -1.23. The van der Waals surface area contributed by atoms with E-state index in [1.54, 1.807) is 29.2 Å². The zero-order chi connectivity index (χ0) is 12.7. The normalized spacial score (nSPS) is 19.7. The summed E-state index contributed by atoms with van der Waals surface area (Å²) in [6, 6.07) is 5.22. The number of nitrogens with zero attached hydrogens (tertiary/aromatic N) is 2. The molecule has 0 saturated carbocycles. The van der Waals surface area contributed by atoms with Gasteiger partial charge in [0.1, 0.15) is 5.70 Å². The van der Waals surface area contributed by atoms with E-state index in [1.807, 2.05) is 11.6 Å². The molecule has 2 aliphatic heterocycles. The van der Waals surface area contributed by atoms with Gasteiger partial charge in [0.15, 0.2) is 5.17 Å². The molecule has 0 spiro atoms. The third-order valence-electron chi connectivity index (χ3n) is 2.51. The van der Waals surface area contributed by atoms with Crippen LogP contribution in [0.5, 0.6) is 0 Å². The summed E-state index contributed by atoms with van der Waals surface area (Å²) in [6.07, 6.45) is 3.56. The number of benzene rings is 1. The van der Waals surface area contributed by atoms with Crippen LogP contribution in [0.15, 0.2) is 40.5 Å². The molecule has 0 N–H and O–H groups in total. The molecule has 0 aromatic heterocycles. The van der Waals surface area contributed by atoms with E-state index >= 15 is 0 Å². The summed E-state index contributed by atoms with van der Waals surface area (Å²) in [5.74, 6) is -0.243. The van der Waals surface area contributed by atoms with Crippen LogP contribution >= 0.6 is 35.0 Å². The van der Waals surface area contributed by atoms with Crippen LogP contribution in [0.2, 0.25) is 10.0 Å². The van der Waals surface area contributed by atoms with E-state index in [0.717, 1.165) is 5.56 Å². The number of hydrogen-bond donors (Lipinski definition) is 0. The van der Waals surface area contributed by atoms with Gasteiger partial charge in [0.05, 0.1) is 10.0 Å². The maximum Gasteiger partial charge on any atom is 0.296 e. The Labute approximate surface area is 118 Å². The fourth-order valence-electron chi connectivity index (χ4n) is 1.67. The molecule has 0 unspecified atom stereocenters. The molecule has 2 aliphatic rings. The monoisotopic (exact) mass is 296 g/mol. The van der Waals surface area contributed by atoms with Gasteiger partial charge in [0, 0.05) is 6.20 Å². The first-order valence-corrected chi connectivity index (χ1v) is 6.71. The van der Waals surface area contributed by atoms with Gasteiger partial charge in [0.25, 0.3) is 5.91 Å². The lowest BCUT2D eigenvalue weighted by Gasteiger charge is -2.09. The van der Waals surface area contributed by atoms with Crippen LogP contribution < -0.4 is 0 Å². The highest BCUT2D eigenvalue weighted by molar-refractivity contribution is 8.16. The van der Waals surface area contributed by atoms with Crippen molar-refractivity contribution in [2.24, 2.45) is 4.99 Å². The Morgan fingerprint density at radius 2 is 2.11 bits per heavy atom. The van der Waals surface area contributed by atoms with Crippen molar-refractivity contribution in [2.45, 2.75) is 0 Å². The number of thioether (sulfide) groups is 1. The topological polar surface area (TPSA) is 32.7 Å². The number of fused-ring (bicyclic) bond motifs is 1. The van der Waals surface area contributed by atoms with Gasteiger partial charge < -0.3 is 0 Å². The molecule has 2 heterocycles. The number of hydrogen-bond acceptors (Lipinski definition) is 3. The fraction of sp³-hybridized carbons (Fsp3) is 0. The minimum atomic E-state index is -0.243. The van der Waals surface area contributed by atoms with E-state index in [1.165, 1.54) is 11.8 Å². The Morgan fingerprint density at radius 3 is 2.89 bits per heavy atom. The van der Waals surface area contributed by atoms with Gasteiger partial charge in [-0.05, 0) is 29.2 Å². The van der Waals surface area contributed by atoms with E-state index < -0.39 is 0 Å². The van der Waals surface area contributed by atoms with Crippen LogP contribution in [0.25, 0.3) is 6.08 Å². The first-order chi connectivity index (χ1) is 8.65. The van der Waals surface area contributed by atoms with Crippen molar-refractivity contribution >= 4 is 52.1 Å². The molecule has 0 aliphatic carbocycles. The molecule has 1 aromatic carbocycles. The van der Waals surface area contributed by atoms with Gasteiger partial charge >= 0.3 is 0 Å². The highest BCUT2D eigenvalue weighted by Crippen LogP contribution is 2.31. The minimum Gasteiger partial charge on any atom is -0.290 e. The van der Waals surface area contributed by atoms with Crippen LogP contribution in [-0.4, -0.2) is 16.0 Å². The third kappa shape index (κ3) is 1.96. The van der Waals surface area contributed by atoms with Gasteiger partial charge in [-0.2, -0.15) is 4.99 Å². The molecule has 90 valence electrons. The molecule has 1 amide bonds. The number of halogens is 2. The fourth-order valence-corrected chi connectivity index (χ4v) is 2.69. The lowest BCUT2D eigenvalue weighted by molar-refractivity contribution is -0.114. The summed E-state index contributed by atoms with van der Waals surface area (Å²) in [6.45, 7) is 0. The molecule has 0 radical (unpaired) electrons. The van der Waals surface area contributed by atoms with Crippen molar-refractivity contribution in [1.29, 1.82) is 0 Å². The van der Waals surface area contributed by atoms with E-state index in [9.17, 15) is 4.79 Å². The molecule has 3 rings (SSSR count). The standard InChI is InChI=1S/C12H6Cl2N2OS/c13-8-2-1-7(5-9(8)14)6-10-11(17)15-12-16(10)3-4-18-12/h1-6H/b10-6+. The van der Waals surface area contributed by atoms with Gasteiger partial charge in [0.2, 0.25) is 0 Å². The summed E-state index contributed by atoms with van der Waals surface area (Å²) in [5, 5.41) is 3.52. The number of carbonyl (C=O) groups is 1. The van der Waals surface area contributed by atoms with Crippen LogP contribution in [0.4, 0.5) is 0 Å². The molecular formula is C12H6Cl2N2OS. The second-order valence-corrected chi connectivity index (χ2v) is 5.36. The zero-order valence-corrected chi connectivity index (χ0v) is 11.3. The van der Waals surface area contributed by atoms with Gasteiger partial charge in [-0.3, -0.25) is 9.69 Å². The van der Waals surface area contributed by atoms with E-state index in [-0.39, 0.29) is 5.91 Å². The number of amidine groups is 1. The maximum atomic E-state index is 11.7. The summed E-state index contributed by atoms with van der Waals surface area (Å²) < 4.78 is 0. The summed E-state index contributed by atoms with van der Waals surface area (Å²) in [5.41, 5.74) is 1.33. The summed E-state index contributed by atoms with van der Waals surface area (Å²) in [4.78, 5) is 17.4. The SMILES string of the molecule is O=C1N=C2SC=CN2/C1=C/c1ccc(Cl)c(Cl)c1. The maximum absolute atomic E-state index is 11.7. The number of rotatable bonds is 1. The molecule has 1 aromatic rings. The molecule has 6 heteroatoms. The lowest BCUT2D eigenvalue weighted by Crippen LogP contribution is -2.14. The van der Waals surface area contributed by atoms with Crippen molar-refractivity contribution in [1.82, 2.24) is 4.90 Å². The molecular weight excluding hydrogens is 291 g/mol. The smallest absolute Gasteiger partial charge is 0.290 e. The second-order valence-electron chi connectivity index (χ2n) is 3.68. The molecule has 0 bridgehead atoms. The Balaban J connectivity index is 1.99. The molecule has 3 nitrogen and oxygen atoms in total. The Kier molecular flexibility index (Phi) is 2.93. The van der Waals surface area contributed by atoms with Crippen LogP contribution in [0, 0.1) is 0 Å². The van der Waals surface area contributed by atoms with Crippen molar-refractivity contribution in [3.8, 4) is 0 Å². The Bertz CT molecular complexity index is 637. The van der Waals surface area contributed by atoms with E-state index in [4.69, 9.17) is 23.2 Å². The molecule has 0 atom stereocenters. The van der Waals surface area contributed by atoms with Gasteiger partial charge in [-0.1, -0.05) is 41.0 Å². The zero-order valence-electron chi connectivity index (χ0n) is 8.93. The quantitative estimate of drug-likeness (QED) is 0.740. The highest BCUT2D eigenvalue weighted by Gasteiger charge is 2.30. The van der Waals surface area contributed by atoms with Gasteiger partial charge in [-0.25, -0.2) is 0 Å². The van der Waals surface area contributed by atoms with Crippen molar-refractivity contribution in [2.75, 3.05) is 0 Å². The summed E-state index contributed by atoms with van der Waals surface area (Å²) in [7, 11) is 0. The van der Waals surface area contributed by atoms with Crippen LogP contribution in [0.3, 0.4) is 0 Å². The average Bonchev–Trinajstić information content (AvgIpc) is 2.87. The van der Waals surface area contributed by atoms with Gasteiger partial charge in [-0.15, -0.1) is 0 Å². The highest BCUT2D eigenvalue weighted by atomic mass is 35.5. The number of amides is 1. The second kappa shape index (κ2) is 4.46. The number of aliphatic imine (C=N–C) groups is 1. The Morgan fingerprint density at radius 1 is 1.28 bits per heavy atom. The van der Waals surface area contributed by atoms with E-state index in [2.05, 4.69) is 4.99 Å². The molecule has 18 heavy (non-hydrogen) atoms. The number of carbonyl (C=O) groups excluding carboxylic acids is 1. The predicted octanol–water partition coefficient (Wildman–Crippen LogP) is 3.75. The molecule has 0 fully saturated rings. The predicted molar refractivity (Wildman–Crippen MR) is 75.5 cm³/mol. The third-order valence-corrected chi connectivity index (χ3v) is 4.01. The average molecular weight is 297 g/mol. The first kappa shape index (κ1) is 11.8. The largest absolute Gasteiger partial charge is 0.296 e.